The van der Waals surface area contributed by atoms with Gasteiger partial charge in [-0.1, -0.05) is 30.3 Å². The molecule has 8 heteroatoms. The second-order valence-electron chi connectivity index (χ2n) is 5.67. The Morgan fingerprint density at radius 2 is 1.84 bits per heavy atom. The molecule has 0 bridgehead atoms. The normalized spacial score (nSPS) is 12.0. The number of rotatable bonds is 3. The van der Waals surface area contributed by atoms with Gasteiger partial charge in [0.25, 0.3) is 5.56 Å². The van der Waals surface area contributed by atoms with E-state index in [0.29, 0.717) is 11.3 Å². The second-order valence-corrected chi connectivity index (χ2v) is 5.67. The van der Waals surface area contributed by atoms with E-state index in [1.807, 2.05) is 12.1 Å². The quantitative estimate of drug-likeness (QED) is 0.713. The van der Waals surface area contributed by atoms with Gasteiger partial charge in [-0.25, -0.2) is 4.79 Å². The van der Waals surface area contributed by atoms with Crippen LogP contribution >= 0.6 is 0 Å². The van der Waals surface area contributed by atoms with Gasteiger partial charge >= 0.3 is 5.69 Å². The predicted octanol–water partition coefficient (Wildman–Crippen LogP) is 0.325. The number of aromatic amines is 1. The number of primary amides is 1. The van der Waals surface area contributed by atoms with Gasteiger partial charge in [0.1, 0.15) is 5.65 Å². The Balaban J connectivity index is 2.57. The summed E-state index contributed by atoms with van der Waals surface area (Å²) in [4.78, 5) is 39.7. The SMILES string of the molecule is Cn1c(=O)c2c(C(C#N)C(N)=O)c(-c3ccccc3)[nH]c2n(C)c1=O. The molecule has 1 unspecified atom stereocenters. The van der Waals surface area contributed by atoms with Gasteiger partial charge in [-0.05, 0) is 5.56 Å². The first kappa shape index (κ1) is 16.3. The molecule has 0 aliphatic heterocycles. The molecule has 25 heavy (non-hydrogen) atoms. The maximum absolute atomic E-state index is 12.7. The average Bonchev–Trinajstić information content (AvgIpc) is 2.99. The predicted molar refractivity (Wildman–Crippen MR) is 91.8 cm³/mol. The highest BCUT2D eigenvalue weighted by Gasteiger charge is 2.29. The average molecular weight is 337 g/mol. The molecule has 3 N–H and O–H groups in total. The van der Waals surface area contributed by atoms with Gasteiger partial charge < -0.3 is 10.7 Å². The molecule has 126 valence electrons. The summed E-state index contributed by atoms with van der Waals surface area (Å²) >= 11 is 0. The van der Waals surface area contributed by atoms with Crippen LogP contribution in [-0.4, -0.2) is 20.0 Å². The summed E-state index contributed by atoms with van der Waals surface area (Å²) in [6.07, 6.45) is 0. The van der Waals surface area contributed by atoms with Crippen LogP contribution in [0.5, 0.6) is 0 Å². The molecule has 0 aliphatic rings. The van der Waals surface area contributed by atoms with Crippen LogP contribution in [0.3, 0.4) is 0 Å². The van der Waals surface area contributed by atoms with Crippen molar-refractivity contribution in [2.75, 3.05) is 0 Å². The number of benzene rings is 1. The lowest BCUT2D eigenvalue weighted by Gasteiger charge is -2.08. The van der Waals surface area contributed by atoms with Crippen molar-refractivity contribution >= 4 is 16.9 Å². The van der Waals surface area contributed by atoms with Crippen LogP contribution in [0, 0.1) is 11.3 Å². The zero-order valence-electron chi connectivity index (χ0n) is 13.6. The van der Waals surface area contributed by atoms with Crippen LogP contribution in [0.2, 0.25) is 0 Å². The number of aryl methyl sites for hydroxylation is 1. The van der Waals surface area contributed by atoms with Crippen LogP contribution in [0.15, 0.2) is 39.9 Å². The van der Waals surface area contributed by atoms with Crippen molar-refractivity contribution < 1.29 is 4.79 Å². The molecule has 8 nitrogen and oxygen atoms in total. The number of aromatic nitrogens is 3. The van der Waals surface area contributed by atoms with Crippen LogP contribution in [0.4, 0.5) is 0 Å². The molecule has 1 atom stereocenters. The number of hydrogen-bond donors (Lipinski definition) is 2. The van der Waals surface area contributed by atoms with E-state index in [0.717, 1.165) is 4.57 Å². The Morgan fingerprint density at radius 1 is 1.20 bits per heavy atom. The molecule has 0 saturated carbocycles. The minimum Gasteiger partial charge on any atom is -0.368 e. The van der Waals surface area contributed by atoms with Crippen LogP contribution < -0.4 is 17.0 Å². The van der Waals surface area contributed by atoms with E-state index >= 15 is 0 Å². The third-order valence-corrected chi connectivity index (χ3v) is 4.21. The van der Waals surface area contributed by atoms with Crippen molar-refractivity contribution in [2.24, 2.45) is 19.8 Å². The lowest BCUT2D eigenvalue weighted by atomic mass is 9.94. The fourth-order valence-electron chi connectivity index (χ4n) is 2.94. The number of carbonyl (C=O) groups excluding carboxylic acids is 1. The van der Waals surface area contributed by atoms with Crippen LogP contribution in [-0.2, 0) is 18.9 Å². The van der Waals surface area contributed by atoms with Gasteiger partial charge in [-0.2, -0.15) is 5.26 Å². The van der Waals surface area contributed by atoms with Crippen molar-refractivity contribution in [1.29, 1.82) is 5.26 Å². The third-order valence-electron chi connectivity index (χ3n) is 4.21. The maximum atomic E-state index is 12.7. The van der Waals surface area contributed by atoms with Crippen molar-refractivity contribution in [2.45, 2.75) is 5.92 Å². The van der Waals surface area contributed by atoms with Gasteiger partial charge in [0, 0.05) is 19.7 Å². The Kier molecular flexibility index (Phi) is 3.77. The molecule has 0 saturated heterocycles. The first-order valence-electron chi connectivity index (χ1n) is 7.44. The molecular formula is C17H15N5O3. The highest BCUT2D eigenvalue weighted by molar-refractivity contribution is 5.97. The van der Waals surface area contributed by atoms with Crippen molar-refractivity contribution in [1.82, 2.24) is 14.1 Å². The van der Waals surface area contributed by atoms with Gasteiger partial charge in [0.2, 0.25) is 5.91 Å². The second kappa shape index (κ2) is 5.79. The first-order valence-corrected chi connectivity index (χ1v) is 7.44. The molecule has 2 aromatic heterocycles. The summed E-state index contributed by atoms with van der Waals surface area (Å²) in [7, 11) is 2.85. The van der Waals surface area contributed by atoms with Gasteiger partial charge in [-0.3, -0.25) is 18.7 Å². The van der Waals surface area contributed by atoms with E-state index in [4.69, 9.17) is 5.73 Å². The number of nitrogens with two attached hydrogens (primary N) is 1. The summed E-state index contributed by atoms with van der Waals surface area (Å²) in [5.41, 5.74) is 5.79. The Morgan fingerprint density at radius 3 is 2.40 bits per heavy atom. The minimum absolute atomic E-state index is 0.105. The number of nitriles is 1. The van der Waals surface area contributed by atoms with Crippen molar-refractivity contribution in [3.05, 3.63) is 56.7 Å². The lowest BCUT2D eigenvalue weighted by Crippen LogP contribution is -2.37. The van der Waals surface area contributed by atoms with E-state index in [1.54, 1.807) is 24.3 Å². The van der Waals surface area contributed by atoms with E-state index in [2.05, 4.69) is 4.98 Å². The first-order chi connectivity index (χ1) is 11.9. The number of hydrogen-bond acceptors (Lipinski definition) is 4. The van der Waals surface area contributed by atoms with Crippen molar-refractivity contribution in [3.63, 3.8) is 0 Å². The largest absolute Gasteiger partial charge is 0.368 e. The van der Waals surface area contributed by atoms with E-state index in [-0.39, 0.29) is 16.6 Å². The fourth-order valence-corrected chi connectivity index (χ4v) is 2.94. The zero-order valence-corrected chi connectivity index (χ0v) is 13.6. The summed E-state index contributed by atoms with van der Waals surface area (Å²) < 4.78 is 2.20. The summed E-state index contributed by atoms with van der Waals surface area (Å²) in [6, 6.07) is 10.8. The maximum Gasteiger partial charge on any atom is 0.332 e. The highest BCUT2D eigenvalue weighted by Crippen LogP contribution is 2.33. The molecular weight excluding hydrogens is 322 g/mol. The Labute approximate surface area is 141 Å². The van der Waals surface area contributed by atoms with Gasteiger partial charge in [0.05, 0.1) is 17.1 Å². The van der Waals surface area contributed by atoms with E-state index in [9.17, 15) is 19.6 Å². The van der Waals surface area contributed by atoms with E-state index in [1.165, 1.54) is 18.7 Å². The van der Waals surface area contributed by atoms with Gasteiger partial charge in [0.15, 0.2) is 5.92 Å². The molecule has 1 amide bonds. The number of fused-ring (bicyclic) bond motifs is 1. The smallest absolute Gasteiger partial charge is 0.332 e. The fraction of sp³-hybridized carbons (Fsp3) is 0.176. The van der Waals surface area contributed by atoms with Gasteiger partial charge in [-0.15, -0.1) is 0 Å². The van der Waals surface area contributed by atoms with Crippen LogP contribution in [0.25, 0.3) is 22.3 Å². The third kappa shape index (κ3) is 2.33. The molecule has 3 rings (SSSR count). The number of H-pyrrole nitrogens is 1. The summed E-state index contributed by atoms with van der Waals surface area (Å²) in [6.45, 7) is 0. The standard InChI is InChI=1S/C17H15N5O3/c1-21-15-12(16(24)22(2)17(21)25)11(10(8-18)14(19)23)13(20-15)9-6-4-3-5-7-9/h3-7,10,20H,1-2H3,(H2,19,23). The Bertz CT molecular complexity index is 1150. The number of amides is 1. The number of nitrogens with zero attached hydrogens (tertiary/aromatic N) is 3. The monoisotopic (exact) mass is 337 g/mol. The molecule has 0 radical (unpaired) electrons. The topological polar surface area (TPSA) is 127 Å². The highest BCUT2D eigenvalue weighted by atomic mass is 16.2. The minimum atomic E-state index is -1.32. The molecule has 0 spiro atoms. The molecule has 0 fully saturated rings. The van der Waals surface area contributed by atoms with E-state index < -0.39 is 23.1 Å². The number of carbonyl (C=O) groups is 1. The molecule has 1 aromatic carbocycles. The lowest BCUT2D eigenvalue weighted by molar-refractivity contribution is -0.118. The van der Waals surface area contributed by atoms with Crippen molar-refractivity contribution in [3.8, 4) is 17.3 Å². The summed E-state index contributed by atoms with van der Waals surface area (Å²) in [5, 5.41) is 9.55. The Hall–Kier alpha value is -3.60. The molecule has 2 heterocycles. The molecule has 0 aliphatic carbocycles. The molecule has 3 aromatic rings. The number of nitrogens with one attached hydrogen (secondary N) is 1. The van der Waals surface area contributed by atoms with Crippen LogP contribution in [0.1, 0.15) is 11.5 Å². The zero-order chi connectivity index (χ0) is 18.3. The summed E-state index contributed by atoms with van der Waals surface area (Å²) in [5.74, 6) is -2.19.